The van der Waals surface area contributed by atoms with Gasteiger partial charge in [-0.2, -0.15) is 0 Å². The van der Waals surface area contributed by atoms with Crippen molar-refractivity contribution < 1.29 is 82.8 Å². The number of carboxylic acid groups (broad SMARTS) is 1. The molecular weight excluding hydrogens is 1460 g/mol. The summed E-state index contributed by atoms with van der Waals surface area (Å²) in [6, 6.07) is 11.8. The van der Waals surface area contributed by atoms with Crippen molar-refractivity contribution in [1.82, 2.24) is 10.3 Å². The number of cyclic esters (lactones) is 1. The highest BCUT2D eigenvalue weighted by molar-refractivity contribution is 8.15. The van der Waals surface area contributed by atoms with Crippen LogP contribution >= 0.6 is 11.8 Å². The second-order valence-electron chi connectivity index (χ2n) is 39.3. The quantitative estimate of drug-likeness (QED) is 0.0572. The van der Waals surface area contributed by atoms with E-state index in [1.165, 1.54) is 42.4 Å². The van der Waals surface area contributed by atoms with E-state index in [4.69, 9.17) is 14.2 Å². The maximum atomic E-state index is 16.8. The van der Waals surface area contributed by atoms with Crippen molar-refractivity contribution >= 4 is 52.4 Å². The molecule has 114 heavy (non-hydrogen) atoms. The lowest BCUT2D eigenvalue weighted by molar-refractivity contribution is -0.248. The van der Waals surface area contributed by atoms with Crippen molar-refractivity contribution in [2.75, 3.05) is 13.2 Å². The molecule has 2 aliphatic heterocycles. The van der Waals surface area contributed by atoms with Crippen molar-refractivity contribution in [3.05, 3.63) is 107 Å². The number of ketones is 2. The zero-order chi connectivity index (χ0) is 82.8. The van der Waals surface area contributed by atoms with E-state index in [0.717, 1.165) is 111 Å². The molecule has 0 bridgehead atoms. The van der Waals surface area contributed by atoms with Gasteiger partial charge in [0.25, 0.3) is 5.24 Å². The summed E-state index contributed by atoms with van der Waals surface area (Å²) in [6.45, 7) is 32.7. The van der Waals surface area contributed by atoms with Crippen molar-refractivity contribution in [3.63, 3.8) is 0 Å². The molecule has 11 aliphatic carbocycles. The van der Waals surface area contributed by atoms with Crippen molar-refractivity contribution in [2.24, 2.45) is 109 Å². The number of aliphatic carboxylic acids is 1. The lowest BCUT2D eigenvalue weighted by Gasteiger charge is -2.72. The number of benzene rings is 1. The zero-order valence-corrected chi connectivity index (χ0v) is 71.1. The Kier molecular flexibility index (Phi) is 25.9. The number of ether oxygens (including phenoxy) is 3. The average molecular weight is 1600 g/mol. The third-order valence-corrected chi connectivity index (χ3v) is 34.2. The predicted octanol–water partition coefficient (Wildman–Crippen LogP) is 16.3. The monoisotopic (exact) mass is 1600 g/mol. The maximum Gasteiger partial charge on any atom is 0.309 e. The summed E-state index contributed by atoms with van der Waals surface area (Å²) in [5, 5.41) is 64.5. The number of aliphatic hydroxyl groups is 5. The number of imide groups is 1. The molecule has 10 fully saturated rings. The number of pyridine rings is 1. The Morgan fingerprint density at radius 1 is 0.789 bits per heavy atom. The maximum absolute atomic E-state index is 16.8. The van der Waals surface area contributed by atoms with Gasteiger partial charge in [-0.1, -0.05) is 149 Å². The molecule has 1 aromatic heterocycles. The summed E-state index contributed by atoms with van der Waals surface area (Å²) in [7, 11) is 0. The van der Waals surface area contributed by atoms with Gasteiger partial charge in [0.2, 0.25) is 5.91 Å². The number of rotatable bonds is 17. The van der Waals surface area contributed by atoms with Crippen molar-refractivity contribution in [1.29, 1.82) is 0 Å². The van der Waals surface area contributed by atoms with Gasteiger partial charge < -0.3 is 44.8 Å². The predicted molar refractivity (Wildman–Crippen MR) is 437 cm³/mol. The molecule has 3 heterocycles. The Bertz CT molecular complexity index is 4030. The number of fused-ring (bicyclic) bond motifs is 13. The van der Waals surface area contributed by atoms with Gasteiger partial charge in [-0.25, -0.2) is 4.39 Å². The first kappa shape index (κ1) is 87.4. The number of Topliss-reactive ketones (excluding diaryl/α,β-unsaturated/α-hetero) is 1. The average Bonchev–Trinajstić information content (AvgIpc) is 1.21. The molecular formula is C94H133FN2O16S. The number of aryl methyl sites for hydroxylation is 1. The molecule has 20 heteroatoms. The van der Waals surface area contributed by atoms with E-state index in [1.54, 1.807) is 13.0 Å². The van der Waals surface area contributed by atoms with Crippen LogP contribution in [0.25, 0.3) is 0 Å². The summed E-state index contributed by atoms with van der Waals surface area (Å²) < 4.78 is 34.0. The van der Waals surface area contributed by atoms with Gasteiger partial charge in [0.05, 0.1) is 47.9 Å². The van der Waals surface area contributed by atoms with Crippen LogP contribution in [0.4, 0.5) is 9.18 Å². The largest absolute Gasteiger partial charge is 0.493 e. The number of amides is 2. The minimum absolute atomic E-state index is 0.0171. The van der Waals surface area contributed by atoms with Crippen LogP contribution < -0.4 is 10.1 Å². The highest BCUT2D eigenvalue weighted by Crippen LogP contribution is 2.78. The van der Waals surface area contributed by atoms with Crippen molar-refractivity contribution in [2.45, 2.75) is 304 Å². The van der Waals surface area contributed by atoms with Crippen LogP contribution in [0.3, 0.4) is 0 Å². The highest BCUT2D eigenvalue weighted by atomic mass is 32.2. The number of carbonyl (C=O) groups excluding carboxylic acids is 6. The van der Waals surface area contributed by atoms with Gasteiger partial charge in [0.15, 0.2) is 11.6 Å². The number of hydrogen-bond donors (Lipinski definition) is 7. The highest BCUT2D eigenvalue weighted by Gasteiger charge is 2.76. The van der Waals surface area contributed by atoms with Crippen LogP contribution in [0.15, 0.2) is 90.2 Å². The Balaban J connectivity index is 0.000000141. The van der Waals surface area contributed by atoms with E-state index in [1.807, 2.05) is 57.3 Å². The molecule has 628 valence electrons. The molecule has 8 saturated carbocycles. The summed E-state index contributed by atoms with van der Waals surface area (Å²) >= 11 is 1.05. The lowest BCUT2D eigenvalue weighted by Crippen LogP contribution is -2.69. The van der Waals surface area contributed by atoms with Gasteiger partial charge in [-0.05, 0) is 264 Å². The molecule has 1 unspecified atom stereocenters. The number of halogens is 1. The number of nitrogens with one attached hydrogen (secondary N) is 1. The number of aliphatic hydroxyl groups excluding tert-OH is 4. The SMILES string of the molecule is C=C(C)[C@@H]1CC[C@]2(C(=O)O)CC[C@]3(C)[C@H](CC[C@@H]4[C@@]5(C)CC[C@H](O)C(C)(C)[C@@H]5CC[C@]43C)[C@@H]12.CC[C@H](C)C(=O)O[C@H]1C[C@@H](C)C=C2C=C[C@H](C)[C@H](CC[C@@H]3C[C@@H](O)CC(=O)O3)[C@H]21.CCc1ccc(CCOc2ccc(CC3SC(=O)NC3=O)cc2)nc1.C[C@]12CCC(=O)C=C1CC[C@H]1[C@@H]3CC[C@](O)(C(=O)CO)[C@@]3(C)C[C@H](O)[C@@]12F. The fourth-order valence-electron chi connectivity index (χ4n) is 26.3. The molecule has 18 nitrogen and oxygen atoms in total. The van der Waals surface area contributed by atoms with Gasteiger partial charge in [-0.3, -0.25) is 43.9 Å². The first-order chi connectivity index (χ1) is 53.7. The molecule has 2 aromatic rings. The van der Waals surface area contributed by atoms with Gasteiger partial charge >= 0.3 is 17.9 Å². The van der Waals surface area contributed by atoms with Crippen LogP contribution in [0, 0.1) is 109 Å². The summed E-state index contributed by atoms with van der Waals surface area (Å²) in [4.78, 5) is 88.4. The fraction of sp³-hybridized carbons (Fsp3) is 0.723. The number of aromatic nitrogens is 1. The number of carboxylic acids is 1. The molecule has 26 atom stereocenters. The van der Waals surface area contributed by atoms with Crippen LogP contribution in [0.5, 0.6) is 5.75 Å². The summed E-state index contributed by atoms with van der Waals surface area (Å²) in [5.41, 5.74) is 1.21. The second-order valence-corrected chi connectivity index (χ2v) is 40.5. The van der Waals surface area contributed by atoms with Crippen LogP contribution in [-0.2, 0) is 57.5 Å². The van der Waals surface area contributed by atoms with Gasteiger partial charge in [0, 0.05) is 53.8 Å². The Labute approximate surface area is 680 Å². The van der Waals surface area contributed by atoms with E-state index in [2.05, 4.69) is 103 Å². The number of carbonyl (C=O) groups is 7. The number of esters is 2. The molecule has 13 aliphatic rings. The Morgan fingerprint density at radius 2 is 1.52 bits per heavy atom. The zero-order valence-electron chi connectivity index (χ0n) is 70.2. The smallest absolute Gasteiger partial charge is 0.309 e. The Hall–Kier alpha value is -5.90. The molecule has 2 amide bonds. The summed E-state index contributed by atoms with van der Waals surface area (Å²) in [5.74, 6) is 1.77. The van der Waals surface area contributed by atoms with E-state index < -0.39 is 64.0 Å². The Morgan fingerprint density at radius 3 is 2.17 bits per heavy atom. The topological polar surface area (TPSA) is 293 Å². The fourth-order valence-corrected chi connectivity index (χ4v) is 27.1. The molecule has 1 aromatic carbocycles. The van der Waals surface area contributed by atoms with E-state index in [0.29, 0.717) is 86.6 Å². The molecule has 2 saturated heterocycles. The molecule has 0 spiro atoms. The van der Waals surface area contributed by atoms with Crippen molar-refractivity contribution in [3.8, 4) is 5.75 Å². The van der Waals surface area contributed by atoms with E-state index >= 15 is 4.39 Å². The summed E-state index contributed by atoms with van der Waals surface area (Å²) in [6.07, 6.45) is 27.0. The minimum Gasteiger partial charge on any atom is -0.493 e. The minimum atomic E-state index is -1.88. The molecule has 15 rings (SSSR count). The number of hydrogen-bond acceptors (Lipinski definition) is 17. The van der Waals surface area contributed by atoms with Crippen LogP contribution in [0.1, 0.15) is 255 Å². The molecule has 7 N–H and O–H groups in total. The van der Waals surface area contributed by atoms with Gasteiger partial charge in [-0.15, -0.1) is 0 Å². The number of thioether (sulfide) groups is 1. The number of alkyl halides is 1. The lowest BCUT2D eigenvalue weighted by atomic mass is 9.32. The van der Waals surface area contributed by atoms with Crippen LogP contribution in [0.2, 0.25) is 0 Å². The first-order valence-corrected chi connectivity index (χ1v) is 44.3. The number of nitrogens with zero attached hydrogens (tertiary/aromatic N) is 1. The van der Waals surface area contributed by atoms with Gasteiger partial charge in [0.1, 0.15) is 35.8 Å². The second kappa shape index (κ2) is 33.7. The third kappa shape index (κ3) is 15.7. The van der Waals surface area contributed by atoms with E-state index in [-0.39, 0.29) is 123 Å². The first-order valence-electron chi connectivity index (χ1n) is 43.4. The number of allylic oxidation sites excluding steroid dienone is 5. The molecule has 0 radical (unpaired) electrons. The standard InChI is InChI=1S/C30H48O3.C24H36O5.C21H29FO5.C19H20N2O3S/c1-18(2)19-10-15-30(25(32)33)17-16-28(6)20(24(19)30)8-9-22-27(5)13-12-23(31)26(3,4)21(27)11-14-29(22,28)7;1-5-15(3)24(27)29-21-11-14(2)10-17-7-6-16(4)20(23(17)21)9-8-19-12-18(25)13-22(26)28-19;1-18-7-5-13(24)9-12(18)3-4-15-14-6-8-20(27,17(26)11-23)19(14,2)10-16(25)21(15,18)22;1-2-13-3-6-15(20-12-13)9-10-24-16-7-4-14(5-8-16)11-17-18(22)21-19(23)25-17/h19-24,31H,1,8-17H2,2-7H3,(H,32,33);6-7,10,14-16,18-21,23,25H,5,8-9,11-13H2,1-4H3;9,14-16,23,25,27H,3-8,10-11H2,1-2H3;3-8,12,17H,2,9-11H2,1H3,(H,21,22,23)/t19-,20+,21-,22+,23-,24+,27-,28+,29+,30-;14-,15-,16-,18+,19+,20-,21-,23-;14-,15-,16-,18-,19-,20-,21-;/m000./s1. The third-order valence-electron chi connectivity index (χ3n) is 33.2. The van der Waals surface area contributed by atoms with E-state index in [9.17, 15) is 64.2 Å². The van der Waals surface area contributed by atoms with Crippen LogP contribution in [-0.4, -0.2) is 136 Å². The normalized spacial score (nSPS) is 41.5.